The van der Waals surface area contributed by atoms with Gasteiger partial charge in [-0.3, -0.25) is 0 Å². The van der Waals surface area contributed by atoms with E-state index in [0.717, 1.165) is 30.7 Å². The lowest BCUT2D eigenvalue weighted by atomic mass is 10.2. The van der Waals surface area contributed by atoms with Crippen LogP contribution in [-0.4, -0.2) is 33.6 Å². The molecule has 0 aromatic carbocycles. The second-order valence-electron chi connectivity index (χ2n) is 5.15. The number of nitrogens with one attached hydrogen (secondary N) is 1. The molecule has 2 aromatic heterocycles. The summed E-state index contributed by atoms with van der Waals surface area (Å²) in [7, 11) is 0. The monoisotopic (exact) mass is 300 g/mol. The standard InChI is InChI=1S/C17H24N4O/c1-4-6-12-22-17-16-19-10-11-21(16)13-15(20-17)9-7-8-14(3)18-5-2/h4,7,9-11,13-14,18H,1,5-6,8,12H2,2-3H3/b9-7+. The van der Waals surface area contributed by atoms with Crippen LogP contribution in [0.3, 0.4) is 0 Å². The van der Waals surface area contributed by atoms with Crippen molar-refractivity contribution in [3.8, 4) is 5.88 Å². The van der Waals surface area contributed by atoms with Crippen molar-refractivity contribution in [2.45, 2.75) is 32.7 Å². The first-order chi connectivity index (χ1) is 10.7. The van der Waals surface area contributed by atoms with Gasteiger partial charge in [-0.1, -0.05) is 19.1 Å². The molecule has 2 rings (SSSR count). The van der Waals surface area contributed by atoms with Gasteiger partial charge >= 0.3 is 0 Å². The summed E-state index contributed by atoms with van der Waals surface area (Å²) in [5.41, 5.74) is 1.60. The molecule has 0 saturated carbocycles. The van der Waals surface area contributed by atoms with Gasteiger partial charge in [0.25, 0.3) is 5.88 Å². The minimum absolute atomic E-state index is 0.460. The van der Waals surface area contributed by atoms with E-state index in [1.165, 1.54) is 0 Å². The molecule has 2 heterocycles. The first kappa shape index (κ1) is 16.2. The first-order valence-electron chi connectivity index (χ1n) is 7.72. The maximum atomic E-state index is 5.71. The molecule has 5 nitrogen and oxygen atoms in total. The molecule has 0 aliphatic rings. The van der Waals surface area contributed by atoms with E-state index in [-0.39, 0.29) is 0 Å². The first-order valence-corrected chi connectivity index (χ1v) is 7.72. The van der Waals surface area contributed by atoms with Crippen molar-refractivity contribution in [2.24, 2.45) is 0 Å². The Kier molecular flexibility index (Phi) is 6.15. The summed E-state index contributed by atoms with van der Waals surface area (Å²) in [5.74, 6) is 0.564. The summed E-state index contributed by atoms with van der Waals surface area (Å²) in [6.07, 6.45) is 13.3. The fourth-order valence-corrected chi connectivity index (χ4v) is 2.16. The molecule has 1 N–H and O–H groups in total. The minimum Gasteiger partial charge on any atom is -0.475 e. The van der Waals surface area contributed by atoms with Crippen LogP contribution in [0.5, 0.6) is 5.88 Å². The third-order valence-corrected chi connectivity index (χ3v) is 3.25. The zero-order chi connectivity index (χ0) is 15.8. The van der Waals surface area contributed by atoms with Crippen LogP contribution in [0.15, 0.2) is 37.3 Å². The van der Waals surface area contributed by atoms with E-state index in [4.69, 9.17) is 4.74 Å². The molecule has 0 aliphatic heterocycles. The highest BCUT2D eigenvalue weighted by atomic mass is 16.5. The van der Waals surface area contributed by atoms with E-state index in [2.05, 4.69) is 41.8 Å². The molecule has 1 unspecified atom stereocenters. The van der Waals surface area contributed by atoms with Gasteiger partial charge in [-0.15, -0.1) is 6.58 Å². The van der Waals surface area contributed by atoms with Gasteiger partial charge in [0, 0.05) is 24.6 Å². The number of hydrogen-bond acceptors (Lipinski definition) is 4. The molecule has 0 amide bonds. The molecule has 0 radical (unpaired) electrons. The highest BCUT2D eigenvalue weighted by molar-refractivity contribution is 5.54. The molecular formula is C17H24N4O. The normalized spacial score (nSPS) is 12.8. The third-order valence-electron chi connectivity index (χ3n) is 3.25. The molecule has 0 spiro atoms. The Morgan fingerprint density at radius 2 is 2.36 bits per heavy atom. The number of hydrogen-bond donors (Lipinski definition) is 1. The van der Waals surface area contributed by atoms with Crippen molar-refractivity contribution in [1.82, 2.24) is 19.7 Å². The molecule has 0 saturated heterocycles. The molecule has 5 heteroatoms. The molecular weight excluding hydrogens is 276 g/mol. The molecule has 0 aliphatic carbocycles. The Hall–Kier alpha value is -2.14. The highest BCUT2D eigenvalue weighted by Crippen LogP contribution is 2.17. The predicted molar refractivity (Wildman–Crippen MR) is 90.1 cm³/mol. The zero-order valence-electron chi connectivity index (χ0n) is 13.3. The molecule has 118 valence electrons. The minimum atomic E-state index is 0.460. The number of rotatable bonds is 9. The van der Waals surface area contributed by atoms with Gasteiger partial charge < -0.3 is 14.5 Å². The van der Waals surface area contributed by atoms with Crippen molar-refractivity contribution >= 4 is 11.7 Å². The molecule has 0 bridgehead atoms. The Labute approximate surface area is 131 Å². The predicted octanol–water partition coefficient (Wildman–Crippen LogP) is 3.09. The second kappa shape index (κ2) is 8.34. The Bertz CT molecular complexity index is 633. The van der Waals surface area contributed by atoms with E-state index in [0.29, 0.717) is 18.5 Å². The fourth-order valence-electron chi connectivity index (χ4n) is 2.16. The molecule has 22 heavy (non-hydrogen) atoms. The number of ether oxygens (including phenoxy) is 1. The summed E-state index contributed by atoms with van der Waals surface area (Å²) in [4.78, 5) is 8.83. The van der Waals surface area contributed by atoms with Crippen molar-refractivity contribution in [3.63, 3.8) is 0 Å². The number of nitrogens with zero attached hydrogens (tertiary/aromatic N) is 3. The number of imidazole rings is 1. The van der Waals surface area contributed by atoms with Gasteiger partial charge in [-0.25, -0.2) is 9.97 Å². The zero-order valence-corrected chi connectivity index (χ0v) is 13.3. The summed E-state index contributed by atoms with van der Waals surface area (Å²) >= 11 is 0. The number of fused-ring (bicyclic) bond motifs is 1. The average molecular weight is 300 g/mol. The lowest BCUT2D eigenvalue weighted by Crippen LogP contribution is -2.24. The third kappa shape index (κ3) is 4.43. The van der Waals surface area contributed by atoms with E-state index in [1.807, 2.05) is 28.9 Å². The van der Waals surface area contributed by atoms with Gasteiger partial charge in [0.15, 0.2) is 0 Å². The van der Waals surface area contributed by atoms with Crippen LogP contribution in [0.25, 0.3) is 11.7 Å². The van der Waals surface area contributed by atoms with E-state index in [9.17, 15) is 0 Å². The summed E-state index contributed by atoms with van der Waals surface area (Å²) in [5, 5.41) is 3.38. The molecule has 0 fully saturated rings. The van der Waals surface area contributed by atoms with Crippen LogP contribution < -0.4 is 10.1 Å². The molecule has 2 aromatic rings. The van der Waals surface area contributed by atoms with Gasteiger partial charge in [-0.2, -0.15) is 0 Å². The van der Waals surface area contributed by atoms with E-state index >= 15 is 0 Å². The lowest BCUT2D eigenvalue weighted by Gasteiger charge is -2.09. The largest absolute Gasteiger partial charge is 0.475 e. The van der Waals surface area contributed by atoms with Crippen LogP contribution in [0.4, 0.5) is 0 Å². The van der Waals surface area contributed by atoms with Crippen LogP contribution in [0, 0.1) is 0 Å². The Morgan fingerprint density at radius 3 is 3.14 bits per heavy atom. The maximum Gasteiger partial charge on any atom is 0.258 e. The molecule has 1 atom stereocenters. The van der Waals surface area contributed by atoms with Crippen LogP contribution in [-0.2, 0) is 0 Å². The Balaban J connectivity index is 2.12. The highest BCUT2D eigenvalue weighted by Gasteiger charge is 2.07. The van der Waals surface area contributed by atoms with E-state index in [1.54, 1.807) is 6.20 Å². The smallest absolute Gasteiger partial charge is 0.258 e. The average Bonchev–Trinajstić information content (AvgIpc) is 2.96. The topological polar surface area (TPSA) is 51.5 Å². The Morgan fingerprint density at radius 1 is 1.50 bits per heavy atom. The van der Waals surface area contributed by atoms with Crippen molar-refractivity contribution in [1.29, 1.82) is 0 Å². The van der Waals surface area contributed by atoms with Crippen LogP contribution >= 0.6 is 0 Å². The van der Waals surface area contributed by atoms with Crippen molar-refractivity contribution < 1.29 is 4.74 Å². The van der Waals surface area contributed by atoms with Gasteiger partial charge in [0.2, 0.25) is 5.65 Å². The lowest BCUT2D eigenvalue weighted by molar-refractivity contribution is 0.314. The fraction of sp³-hybridized carbons (Fsp3) is 0.412. The second-order valence-corrected chi connectivity index (χ2v) is 5.15. The van der Waals surface area contributed by atoms with Crippen LogP contribution in [0.2, 0.25) is 0 Å². The quantitative estimate of drug-likeness (QED) is 0.571. The maximum absolute atomic E-state index is 5.71. The number of aromatic nitrogens is 3. The van der Waals surface area contributed by atoms with Gasteiger partial charge in [0.1, 0.15) is 0 Å². The van der Waals surface area contributed by atoms with Crippen molar-refractivity contribution in [2.75, 3.05) is 13.2 Å². The summed E-state index contributed by atoms with van der Waals surface area (Å²) in [6, 6.07) is 0.460. The summed E-state index contributed by atoms with van der Waals surface area (Å²) in [6.45, 7) is 9.52. The SMILES string of the molecule is C=CCCOc1nc(/C=C/CC(C)NCC)cn2ccnc12. The van der Waals surface area contributed by atoms with Gasteiger partial charge in [0.05, 0.1) is 12.3 Å². The van der Waals surface area contributed by atoms with Gasteiger partial charge in [-0.05, 0) is 32.4 Å². The van der Waals surface area contributed by atoms with E-state index < -0.39 is 0 Å². The van der Waals surface area contributed by atoms with Crippen LogP contribution in [0.1, 0.15) is 32.4 Å². The van der Waals surface area contributed by atoms with Crippen molar-refractivity contribution in [3.05, 3.63) is 43.0 Å². The summed E-state index contributed by atoms with van der Waals surface area (Å²) < 4.78 is 7.65.